The van der Waals surface area contributed by atoms with Gasteiger partial charge >= 0.3 is 6.09 Å². The summed E-state index contributed by atoms with van der Waals surface area (Å²) in [5, 5.41) is 8.94. The highest BCUT2D eigenvalue weighted by molar-refractivity contribution is 5.69. The Morgan fingerprint density at radius 2 is 2.18 bits per heavy atom. The zero-order valence-electron chi connectivity index (χ0n) is 10.5. The van der Waals surface area contributed by atoms with Gasteiger partial charge in [0.2, 0.25) is 0 Å². The van der Waals surface area contributed by atoms with Gasteiger partial charge in [0.15, 0.2) is 0 Å². The third kappa shape index (κ3) is 3.74. The molecule has 0 saturated carbocycles. The highest BCUT2D eigenvalue weighted by atomic mass is 16.6. The van der Waals surface area contributed by atoms with E-state index in [0.717, 1.165) is 6.29 Å². The van der Waals surface area contributed by atoms with Gasteiger partial charge in [-0.15, -0.1) is 0 Å². The average Bonchev–Trinajstić information content (AvgIpc) is 2.25. The van der Waals surface area contributed by atoms with Crippen molar-refractivity contribution in [2.75, 3.05) is 13.1 Å². The molecule has 0 aliphatic carbocycles. The van der Waals surface area contributed by atoms with E-state index in [0.29, 0.717) is 13.0 Å². The fraction of sp³-hybridized carbons (Fsp3) is 0.750. The van der Waals surface area contributed by atoms with Gasteiger partial charge in [-0.3, -0.25) is 0 Å². The maximum atomic E-state index is 11.8. The number of ether oxygens (including phenoxy) is 1. The maximum Gasteiger partial charge on any atom is 0.410 e. The van der Waals surface area contributed by atoms with Gasteiger partial charge in [-0.05, 0) is 27.2 Å². The topological polar surface area (TPSA) is 70.4 Å². The van der Waals surface area contributed by atoms with Gasteiger partial charge in [0.1, 0.15) is 11.9 Å². The summed E-state index contributed by atoms with van der Waals surface area (Å²) in [5.74, 6) is -0.688. The molecule has 1 amide bonds. The lowest BCUT2D eigenvalue weighted by molar-refractivity contribution is -0.113. The number of carbonyl (C=O) groups is 2. The summed E-state index contributed by atoms with van der Waals surface area (Å²) >= 11 is 0. The number of aldehydes is 1. The largest absolute Gasteiger partial charge is 0.444 e. The van der Waals surface area contributed by atoms with Crippen molar-refractivity contribution in [3.8, 4) is 6.07 Å². The van der Waals surface area contributed by atoms with Crippen LogP contribution in [-0.2, 0) is 9.53 Å². The SMILES string of the molecule is CC(C)(C)OC(=O)N1CC[C@H](C=O)C(C#N)C1. The molecule has 1 aliphatic heterocycles. The maximum absolute atomic E-state index is 11.8. The molecule has 0 N–H and O–H groups in total. The quantitative estimate of drug-likeness (QED) is 0.650. The summed E-state index contributed by atoms with van der Waals surface area (Å²) < 4.78 is 5.23. The molecule has 2 atom stereocenters. The molecule has 1 unspecified atom stereocenters. The second-order valence-electron chi connectivity index (χ2n) is 5.25. The van der Waals surface area contributed by atoms with Crippen LogP contribution in [0.3, 0.4) is 0 Å². The summed E-state index contributed by atoms with van der Waals surface area (Å²) in [6.45, 7) is 6.13. The molecule has 0 aromatic carbocycles. The van der Waals surface area contributed by atoms with Crippen LogP contribution >= 0.6 is 0 Å². The summed E-state index contributed by atoms with van der Waals surface area (Å²) in [5.41, 5.74) is -0.541. The summed E-state index contributed by atoms with van der Waals surface area (Å²) in [6.07, 6.45) is 0.920. The number of likely N-dealkylation sites (tertiary alicyclic amines) is 1. The van der Waals surface area contributed by atoms with Crippen molar-refractivity contribution in [1.82, 2.24) is 4.90 Å². The minimum Gasteiger partial charge on any atom is -0.444 e. The molecule has 94 valence electrons. The van der Waals surface area contributed by atoms with Crippen molar-refractivity contribution in [2.45, 2.75) is 32.8 Å². The van der Waals surface area contributed by atoms with E-state index in [1.54, 1.807) is 20.8 Å². The number of hydrogen-bond acceptors (Lipinski definition) is 4. The van der Waals surface area contributed by atoms with E-state index in [2.05, 4.69) is 6.07 Å². The van der Waals surface area contributed by atoms with Gasteiger partial charge in [-0.2, -0.15) is 5.26 Å². The first-order valence-electron chi connectivity index (χ1n) is 5.70. The minimum absolute atomic E-state index is 0.265. The van der Waals surface area contributed by atoms with E-state index in [4.69, 9.17) is 10.00 Å². The predicted octanol–water partition coefficient (Wildman–Crippen LogP) is 1.58. The van der Waals surface area contributed by atoms with E-state index in [1.165, 1.54) is 4.90 Å². The van der Waals surface area contributed by atoms with Crippen LogP contribution in [0.15, 0.2) is 0 Å². The Hall–Kier alpha value is -1.57. The van der Waals surface area contributed by atoms with Crippen LogP contribution in [0, 0.1) is 23.2 Å². The molecule has 5 nitrogen and oxygen atoms in total. The lowest BCUT2D eigenvalue weighted by atomic mass is 9.88. The Kier molecular flexibility index (Phi) is 4.11. The van der Waals surface area contributed by atoms with Crippen LogP contribution < -0.4 is 0 Å². The van der Waals surface area contributed by atoms with Crippen LogP contribution in [0.25, 0.3) is 0 Å². The third-order valence-electron chi connectivity index (χ3n) is 2.66. The number of nitrogens with zero attached hydrogens (tertiary/aromatic N) is 2. The summed E-state index contributed by atoms with van der Waals surface area (Å²) in [4.78, 5) is 24.0. The second-order valence-corrected chi connectivity index (χ2v) is 5.25. The number of rotatable bonds is 1. The molecule has 5 heteroatoms. The van der Waals surface area contributed by atoms with Crippen LogP contribution in [-0.4, -0.2) is 36.0 Å². The molecule has 1 rings (SSSR count). The standard InChI is InChI=1S/C12H18N2O3/c1-12(2,3)17-11(16)14-5-4-9(8-15)10(6-13)7-14/h8-10H,4-5,7H2,1-3H3/t9-,10?/m1/s1. The smallest absolute Gasteiger partial charge is 0.410 e. The van der Waals surface area contributed by atoms with E-state index in [1.807, 2.05) is 0 Å². The molecule has 0 radical (unpaired) electrons. The van der Waals surface area contributed by atoms with Gasteiger partial charge in [0.05, 0.1) is 12.0 Å². The molecule has 1 saturated heterocycles. The monoisotopic (exact) mass is 238 g/mol. The van der Waals surface area contributed by atoms with E-state index >= 15 is 0 Å². The lowest BCUT2D eigenvalue weighted by Crippen LogP contribution is -2.45. The molecule has 0 bridgehead atoms. The van der Waals surface area contributed by atoms with Crippen molar-refractivity contribution in [2.24, 2.45) is 11.8 Å². The van der Waals surface area contributed by atoms with Gasteiger partial charge in [0, 0.05) is 19.0 Å². The minimum atomic E-state index is -0.541. The Bertz CT molecular complexity index is 341. The van der Waals surface area contributed by atoms with Gasteiger partial charge < -0.3 is 14.4 Å². The first kappa shape index (κ1) is 13.5. The Balaban J connectivity index is 2.61. The third-order valence-corrected chi connectivity index (χ3v) is 2.66. The first-order valence-corrected chi connectivity index (χ1v) is 5.70. The van der Waals surface area contributed by atoms with Crippen LogP contribution in [0.1, 0.15) is 27.2 Å². The molecule has 17 heavy (non-hydrogen) atoms. The second kappa shape index (κ2) is 5.17. The molecular formula is C12H18N2O3. The fourth-order valence-corrected chi connectivity index (χ4v) is 1.76. The lowest BCUT2D eigenvalue weighted by Gasteiger charge is -2.34. The van der Waals surface area contributed by atoms with Gasteiger partial charge in [0.25, 0.3) is 0 Å². The molecule has 1 fully saturated rings. The number of hydrogen-bond donors (Lipinski definition) is 0. The van der Waals surface area contributed by atoms with Crippen molar-refractivity contribution in [1.29, 1.82) is 5.26 Å². The normalized spacial score (nSPS) is 24.9. The van der Waals surface area contributed by atoms with Crippen molar-refractivity contribution < 1.29 is 14.3 Å². The number of amides is 1. The Morgan fingerprint density at radius 1 is 1.53 bits per heavy atom. The zero-order chi connectivity index (χ0) is 13.1. The van der Waals surface area contributed by atoms with Crippen molar-refractivity contribution >= 4 is 12.4 Å². The number of nitriles is 1. The van der Waals surface area contributed by atoms with Crippen molar-refractivity contribution in [3.63, 3.8) is 0 Å². The van der Waals surface area contributed by atoms with E-state index < -0.39 is 17.6 Å². The van der Waals surface area contributed by atoms with Crippen LogP contribution in [0.5, 0.6) is 0 Å². The molecule has 1 heterocycles. The highest BCUT2D eigenvalue weighted by Gasteiger charge is 2.33. The zero-order valence-corrected chi connectivity index (χ0v) is 10.5. The molecule has 1 aliphatic rings. The van der Waals surface area contributed by atoms with Gasteiger partial charge in [-0.1, -0.05) is 0 Å². The van der Waals surface area contributed by atoms with E-state index in [9.17, 15) is 9.59 Å². The summed E-state index contributed by atoms with van der Waals surface area (Å²) in [7, 11) is 0. The molecule has 0 spiro atoms. The Labute approximate surface area is 101 Å². The number of carbonyl (C=O) groups excluding carboxylic acids is 2. The fourth-order valence-electron chi connectivity index (χ4n) is 1.76. The number of piperidine rings is 1. The predicted molar refractivity (Wildman–Crippen MR) is 61.1 cm³/mol. The van der Waals surface area contributed by atoms with E-state index in [-0.39, 0.29) is 12.5 Å². The molecule has 0 aromatic rings. The Morgan fingerprint density at radius 3 is 2.65 bits per heavy atom. The molecule has 0 aromatic heterocycles. The molecular weight excluding hydrogens is 220 g/mol. The highest BCUT2D eigenvalue weighted by Crippen LogP contribution is 2.23. The average molecular weight is 238 g/mol. The first-order chi connectivity index (χ1) is 7.87. The van der Waals surface area contributed by atoms with Crippen molar-refractivity contribution in [3.05, 3.63) is 0 Å². The summed E-state index contributed by atoms with van der Waals surface area (Å²) in [6, 6.07) is 2.07. The van der Waals surface area contributed by atoms with Crippen LogP contribution in [0.2, 0.25) is 0 Å². The van der Waals surface area contributed by atoms with Gasteiger partial charge in [-0.25, -0.2) is 4.79 Å². The van der Waals surface area contributed by atoms with Crippen LogP contribution in [0.4, 0.5) is 4.79 Å².